The van der Waals surface area contributed by atoms with E-state index in [1.165, 1.54) is 0 Å². The van der Waals surface area contributed by atoms with E-state index in [4.69, 9.17) is 0 Å². The molecular formula is C11H14N2. The van der Waals surface area contributed by atoms with Gasteiger partial charge in [-0.25, -0.2) is 0 Å². The van der Waals surface area contributed by atoms with Gasteiger partial charge in [0.1, 0.15) is 0 Å². The summed E-state index contributed by atoms with van der Waals surface area (Å²) in [6, 6.07) is 1.13. The Labute approximate surface area is 78.4 Å². The number of rotatable bonds is 0. The molecule has 1 saturated heterocycles. The minimum atomic E-state index is 0.560. The molecule has 0 aromatic heterocycles. The molecule has 0 saturated carbocycles. The Morgan fingerprint density at radius 3 is 2.92 bits per heavy atom. The number of fused-ring (bicyclic) bond motifs is 3. The molecule has 0 radical (unpaired) electrons. The van der Waals surface area contributed by atoms with Crippen LogP contribution in [-0.4, -0.2) is 18.6 Å². The highest BCUT2D eigenvalue weighted by molar-refractivity contribution is 5.25. The molecule has 0 spiro atoms. The van der Waals surface area contributed by atoms with Crippen LogP contribution < -0.4 is 10.6 Å². The third kappa shape index (κ3) is 1.05. The van der Waals surface area contributed by atoms with Crippen LogP contribution in [0.15, 0.2) is 36.6 Å². The van der Waals surface area contributed by atoms with E-state index in [1.54, 1.807) is 0 Å². The van der Waals surface area contributed by atoms with Gasteiger partial charge in [0.25, 0.3) is 0 Å². The van der Waals surface area contributed by atoms with Crippen LogP contribution in [0.3, 0.4) is 0 Å². The van der Waals surface area contributed by atoms with Gasteiger partial charge in [0.15, 0.2) is 0 Å². The Balaban J connectivity index is 1.91. The van der Waals surface area contributed by atoms with Gasteiger partial charge < -0.3 is 10.6 Å². The van der Waals surface area contributed by atoms with E-state index in [2.05, 4.69) is 47.2 Å². The fourth-order valence-electron chi connectivity index (χ4n) is 2.62. The summed E-state index contributed by atoms with van der Waals surface area (Å²) in [4.78, 5) is 0. The second-order valence-corrected chi connectivity index (χ2v) is 4.00. The smallest absolute Gasteiger partial charge is 0.0325 e. The molecule has 2 heterocycles. The molecule has 68 valence electrons. The van der Waals surface area contributed by atoms with Gasteiger partial charge in [-0.1, -0.05) is 30.4 Å². The van der Waals surface area contributed by atoms with Crippen molar-refractivity contribution < 1.29 is 0 Å². The molecule has 4 atom stereocenters. The molecule has 1 aliphatic carbocycles. The van der Waals surface area contributed by atoms with E-state index >= 15 is 0 Å². The Morgan fingerprint density at radius 1 is 1.00 bits per heavy atom. The molecule has 0 bridgehead atoms. The van der Waals surface area contributed by atoms with E-state index in [0.717, 1.165) is 12.5 Å². The average Bonchev–Trinajstić information content (AvgIpc) is 2.56. The van der Waals surface area contributed by atoms with E-state index in [1.807, 2.05) is 0 Å². The van der Waals surface area contributed by atoms with Gasteiger partial charge in [-0.15, -0.1) is 0 Å². The van der Waals surface area contributed by atoms with Crippen molar-refractivity contribution in [2.45, 2.75) is 12.1 Å². The van der Waals surface area contributed by atoms with Crippen molar-refractivity contribution in [2.24, 2.45) is 11.8 Å². The Kier molecular flexibility index (Phi) is 1.56. The van der Waals surface area contributed by atoms with Crippen LogP contribution in [0.25, 0.3) is 0 Å². The summed E-state index contributed by atoms with van der Waals surface area (Å²) in [5, 5.41) is 6.94. The maximum atomic E-state index is 3.63. The summed E-state index contributed by atoms with van der Waals surface area (Å²) < 4.78 is 0. The molecule has 13 heavy (non-hydrogen) atoms. The van der Waals surface area contributed by atoms with E-state index in [9.17, 15) is 0 Å². The first kappa shape index (κ1) is 7.39. The molecule has 2 N–H and O–H groups in total. The topological polar surface area (TPSA) is 24.1 Å². The van der Waals surface area contributed by atoms with Gasteiger partial charge in [0.05, 0.1) is 0 Å². The molecule has 2 aliphatic heterocycles. The molecular weight excluding hydrogens is 160 g/mol. The summed E-state index contributed by atoms with van der Waals surface area (Å²) >= 11 is 0. The van der Waals surface area contributed by atoms with Crippen LogP contribution in [0.1, 0.15) is 0 Å². The minimum Gasteiger partial charge on any atom is -0.391 e. The van der Waals surface area contributed by atoms with Crippen molar-refractivity contribution in [3.8, 4) is 0 Å². The van der Waals surface area contributed by atoms with Crippen LogP contribution in [0, 0.1) is 11.8 Å². The molecule has 3 rings (SSSR count). The van der Waals surface area contributed by atoms with Crippen LogP contribution in [-0.2, 0) is 0 Å². The molecule has 4 unspecified atom stereocenters. The summed E-state index contributed by atoms with van der Waals surface area (Å²) in [5.74, 6) is 1.42. The van der Waals surface area contributed by atoms with Crippen LogP contribution in [0.5, 0.6) is 0 Å². The monoisotopic (exact) mass is 174 g/mol. The lowest BCUT2D eigenvalue weighted by Crippen LogP contribution is -2.35. The fourth-order valence-corrected chi connectivity index (χ4v) is 2.62. The third-order valence-electron chi connectivity index (χ3n) is 3.29. The summed E-state index contributed by atoms with van der Waals surface area (Å²) in [6.07, 6.45) is 13.2. The van der Waals surface area contributed by atoms with Gasteiger partial charge in [-0.05, 0) is 6.20 Å². The molecule has 1 fully saturated rings. The van der Waals surface area contributed by atoms with Crippen LogP contribution >= 0.6 is 0 Å². The first-order valence-corrected chi connectivity index (χ1v) is 4.96. The quantitative estimate of drug-likeness (QED) is 0.567. The SMILES string of the molecule is C1=CC2NC3C=CNCC3C2C=C1. The standard InChI is InChI=1S/C11H14N2/c1-2-4-10-8(3-1)9-7-12-6-5-11(9)13-10/h1-6,8-13H,7H2. The normalized spacial score (nSPS) is 45.5. The molecule has 0 aromatic carbocycles. The van der Waals surface area contributed by atoms with Gasteiger partial charge in [0.2, 0.25) is 0 Å². The van der Waals surface area contributed by atoms with E-state index in [0.29, 0.717) is 18.0 Å². The van der Waals surface area contributed by atoms with E-state index in [-0.39, 0.29) is 0 Å². The van der Waals surface area contributed by atoms with Crippen LogP contribution in [0.2, 0.25) is 0 Å². The number of allylic oxidation sites excluding steroid dienone is 2. The van der Waals surface area contributed by atoms with Gasteiger partial charge >= 0.3 is 0 Å². The summed E-state index contributed by atoms with van der Waals surface area (Å²) in [7, 11) is 0. The Morgan fingerprint density at radius 2 is 1.92 bits per heavy atom. The lowest BCUT2D eigenvalue weighted by molar-refractivity contribution is 0.412. The average molecular weight is 174 g/mol. The number of hydrogen-bond donors (Lipinski definition) is 2. The highest BCUT2D eigenvalue weighted by Crippen LogP contribution is 2.32. The second kappa shape index (κ2) is 2.74. The second-order valence-electron chi connectivity index (χ2n) is 4.00. The first-order valence-electron chi connectivity index (χ1n) is 4.96. The first-order chi connectivity index (χ1) is 6.45. The maximum Gasteiger partial charge on any atom is 0.0325 e. The zero-order chi connectivity index (χ0) is 8.67. The van der Waals surface area contributed by atoms with Crippen molar-refractivity contribution in [3.63, 3.8) is 0 Å². The summed E-state index contributed by atoms with van der Waals surface area (Å²) in [6.45, 7) is 1.10. The van der Waals surface area contributed by atoms with Crippen molar-refractivity contribution in [1.82, 2.24) is 10.6 Å². The predicted octanol–water partition coefficient (Wildman–Crippen LogP) is 0.802. The zero-order valence-electron chi connectivity index (χ0n) is 7.48. The van der Waals surface area contributed by atoms with Gasteiger partial charge in [-0.2, -0.15) is 0 Å². The summed E-state index contributed by atoms with van der Waals surface area (Å²) in [5.41, 5.74) is 0. The van der Waals surface area contributed by atoms with Crippen molar-refractivity contribution in [3.05, 3.63) is 36.6 Å². The molecule has 2 nitrogen and oxygen atoms in total. The minimum absolute atomic E-state index is 0.560. The fraction of sp³-hybridized carbons (Fsp3) is 0.455. The predicted molar refractivity (Wildman–Crippen MR) is 53.1 cm³/mol. The van der Waals surface area contributed by atoms with Crippen LogP contribution in [0.4, 0.5) is 0 Å². The van der Waals surface area contributed by atoms with Crippen molar-refractivity contribution in [2.75, 3.05) is 6.54 Å². The molecule has 2 heteroatoms. The number of hydrogen-bond acceptors (Lipinski definition) is 2. The molecule has 0 amide bonds. The Hall–Kier alpha value is -1.02. The highest BCUT2D eigenvalue weighted by atomic mass is 15.0. The molecule has 0 aromatic rings. The molecule has 3 aliphatic rings. The number of nitrogens with one attached hydrogen (secondary N) is 2. The lowest BCUT2D eigenvalue weighted by atomic mass is 9.84. The van der Waals surface area contributed by atoms with Gasteiger partial charge in [-0.3, -0.25) is 0 Å². The van der Waals surface area contributed by atoms with Crippen molar-refractivity contribution in [1.29, 1.82) is 0 Å². The Bertz CT molecular complexity index is 290. The van der Waals surface area contributed by atoms with Gasteiger partial charge in [0, 0.05) is 30.5 Å². The third-order valence-corrected chi connectivity index (χ3v) is 3.29. The highest BCUT2D eigenvalue weighted by Gasteiger charge is 2.40. The van der Waals surface area contributed by atoms with E-state index < -0.39 is 0 Å². The van der Waals surface area contributed by atoms with Crippen molar-refractivity contribution >= 4 is 0 Å². The largest absolute Gasteiger partial charge is 0.391 e. The lowest BCUT2D eigenvalue weighted by Gasteiger charge is -2.24. The zero-order valence-corrected chi connectivity index (χ0v) is 7.48. The maximum absolute atomic E-state index is 3.63.